The van der Waals surface area contributed by atoms with Crippen LogP contribution in [0.3, 0.4) is 0 Å². The van der Waals surface area contributed by atoms with E-state index in [2.05, 4.69) is 35.8 Å². The average molecular weight is 400 g/mol. The molecule has 0 aliphatic carbocycles. The molecule has 0 amide bonds. The summed E-state index contributed by atoms with van der Waals surface area (Å²) in [4.78, 5) is 39.9. The number of carboxylic acids is 1. The average Bonchev–Trinajstić information content (AvgIpc) is 3.51. The fourth-order valence-corrected chi connectivity index (χ4v) is 0.741. The molecule has 0 aromatic rings. The SMILES string of the molecule is C=C(C)C(=O)OCC1CO1.C=CC(=O)O.C=CC(=O)OC.C=CC(=O)OCC. The quantitative estimate of drug-likeness (QED) is 0.294. The molecule has 0 spiro atoms. The van der Waals surface area contributed by atoms with Gasteiger partial charge in [0.1, 0.15) is 12.7 Å². The molecule has 0 saturated carbocycles. The first kappa shape index (κ1) is 29.6. The minimum Gasteiger partial charge on any atom is -0.478 e. The van der Waals surface area contributed by atoms with E-state index in [0.717, 1.165) is 18.2 Å². The number of rotatable bonds is 7. The molecule has 28 heavy (non-hydrogen) atoms. The fraction of sp³-hybridized carbons (Fsp3) is 0.368. The minimum atomic E-state index is -0.981. The predicted octanol–water partition coefficient (Wildman–Crippen LogP) is 1.84. The van der Waals surface area contributed by atoms with Crippen molar-refractivity contribution >= 4 is 23.9 Å². The van der Waals surface area contributed by atoms with Crippen LogP contribution in [0.5, 0.6) is 0 Å². The molecule has 1 unspecified atom stereocenters. The Kier molecular flexibility index (Phi) is 21.2. The summed E-state index contributed by atoms with van der Waals surface area (Å²) in [6.07, 6.45) is 3.23. The second-order valence-electron chi connectivity index (χ2n) is 4.56. The third kappa shape index (κ3) is 27.6. The molecule has 1 aliphatic rings. The van der Waals surface area contributed by atoms with Gasteiger partial charge < -0.3 is 24.1 Å². The molecular weight excluding hydrogens is 372 g/mol. The van der Waals surface area contributed by atoms with E-state index in [4.69, 9.17) is 14.6 Å². The summed E-state index contributed by atoms with van der Waals surface area (Å²) in [5.74, 6) is -2.07. The number of esters is 3. The third-order valence-corrected chi connectivity index (χ3v) is 2.15. The molecule has 1 atom stereocenters. The highest BCUT2D eigenvalue weighted by Gasteiger charge is 2.24. The topological polar surface area (TPSA) is 129 Å². The van der Waals surface area contributed by atoms with Crippen molar-refractivity contribution in [1.82, 2.24) is 0 Å². The highest BCUT2D eigenvalue weighted by molar-refractivity contribution is 5.86. The summed E-state index contributed by atoms with van der Waals surface area (Å²) in [6.45, 7) is 17.6. The van der Waals surface area contributed by atoms with E-state index in [1.165, 1.54) is 7.11 Å². The maximum absolute atomic E-state index is 10.7. The van der Waals surface area contributed by atoms with E-state index in [-0.39, 0.29) is 18.0 Å². The standard InChI is InChI=1S/C7H10O3.C5H8O2.C4H6O2.C3H4O2/c1-5(2)7(8)10-4-6-3-9-6;1-3-5(6)7-4-2;1-3-4(5)6-2;1-2-3(4)5/h6H,1,3-4H2,2H3;3H,1,4H2,2H3;3H,1H2,2H3;2H,1H2,(H,4,5). The van der Waals surface area contributed by atoms with Crippen molar-refractivity contribution in [2.24, 2.45) is 0 Å². The van der Waals surface area contributed by atoms with Crippen LogP contribution in [0.15, 0.2) is 50.1 Å². The summed E-state index contributed by atoms with van der Waals surface area (Å²) < 4.78 is 18.2. The summed E-state index contributed by atoms with van der Waals surface area (Å²) in [7, 11) is 1.31. The van der Waals surface area contributed by atoms with E-state index in [0.29, 0.717) is 25.4 Å². The van der Waals surface area contributed by atoms with Gasteiger partial charge in [0.15, 0.2) is 0 Å². The van der Waals surface area contributed by atoms with Gasteiger partial charge in [-0.15, -0.1) is 0 Å². The van der Waals surface area contributed by atoms with Gasteiger partial charge in [-0.3, -0.25) is 0 Å². The maximum Gasteiger partial charge on any atom is 0.333 e. The lowest BCUT2D eigenvalue weighted by Crippen LogP contribution is -2.09. The molecule has 1 aliphatic heterocycles. The van der Waals surface area contributed by atoms with Crippen LogP contribution in [-0.2, 0) is 38.1 Å². The first-order valence-electron chi connectivity index (χ1n) is 7.88. The van der Waals surface area contributed by atoms with E-state index in [1.807, 2.05) is 0 Å². The predicted molar refractivity (Wildman–Crippen MR) is 102 cm³/mol. The molecule has 1 N–H and O–H groups in total. The molecule has 9 heteroatoms. The Morgan fingerprint density at radius 1 is 1.07 bits per heavy atom. The van der Waals surface area contributed by atoms with Crippen molar-refractivity contribution in [3.05, 3.63) is 50.1 Å². The number of hydrogen-bond acceptors (Lipinski definition) is 8. The van der Waals surface area contributed by atoms with Crippen LogP contribution in [0, 0.1) is 0 Å². The molecule has 0 bridgehead atoms. The molecule has 0 aromatic carbocycles. The molecule has 0 radical (unpaired) electrons. The van der Waals surface area contributed by atoms with Crippen molar-refractivity contribution < 1.29 is 43.2 Å². The Balaban J connectivity index is -0.000000311. The number of aliphatic carboxylic acids is 1. The summed E-state index contributed by atoms with van der Waals surface area (Å²) in [6, 6.07) is 0. The van der Waals surface area contributed by atoms with Crippen LogP contribution in [0.4, 0.5) is 0 Å². The largest absolute Gasteiger partial charge is 0.478 e. The Morgan fingerprint density at radius 2 is 1.54 bits per heavy atom. The lowest BCUT2D eigenvalue weighted by Gasteiger charge is -1.99. The highest BCUT2D eigenvalue weighted by Crippen LogP contribution is 2.09. The van der Waals surface area contributed by atoms with Gasteiger partial charge in [-0.25, -0.2) is 19.2 Å². The number of hydrogen-bond donors (Lipinski definition) is 1. The number of methoxy groups -OCH3 is 1. The molecule has 1 heterocycles. The van der Waals surface area contributed by atoms with Gasteiger partial charge in [-0.05, 0) is 13.8 Å². The van der Waals surface area contributed by atoms with Crippen molar-refractivity contribution in [1.29, 1.82) is 0 Å². The minimum absolute atomic E-state index is 0.142. The molecule has 1 saturated heterocycles. The summed E-state index contributed by atoms with van der Waals surface area (Å²) >= 11 is 0. The summed E-state index contributed by atoms with van der Waals surface area (Å²) in [5, 5.41) is 7.60. The highest BCUT2D eigenvalue weighted by atomic mass is 16.6. The molecule has 9 nitrogen and oxygen atoms in total. The van der Waals surface area contributed by atoms with E-state index in [9.17, 15) is 19.2 Å². The lowest BCUT2D eigenvalue weighted by atomic mass is 10.4. The van der Waals surface area contributed by atoms with Crippen LogP contribution >= 0.6 is 0 Å². The number of carbonyl (C=O) groups is 4. The van der Waals surface area contributed by atoms with E-state index >= 15 is 0 Å². The van der Waals surface area contributed by atoms with Crippen molar-refractivity contribution in [3.63, 3.8) is 0 Å². The van der Waals surface area contributed by atoms with Crippen molar-refractivity contribution in [2.45, 2.75) is 20.0 Å². The van der Waals surface area contributed by atoms with Crippen molar-refractivity contribution in [3.8, 4) is 0 Å². The zero-order chi connectivity index (χ0) is 22.5. The second-order valence-corrected chi connectivity index (χ2v) is 4.56. The monoisotopic (exact) mass is 400 g/mol. The Morgan fingerprint density at radius 3 is 1.71 bits per heavy atom. The van der Waals surface area contributed by atoms with Crippen LogP contribution in [0.2, 0.25) is 0 Å². The zero-order valence-electron chi connectivity index (χ0n) is 16.5. The van der Waals surface area contributed by atoms with Gasteiger partial charge >= 0.3 is 23.9 Å². The lowest BCUT2D eigenvalue weighted by molar-refractivity contribution is -0.139. The van der Waals surface area contributed by atoms with Gasteiger partial charge in [0.05, 0.1) is 20.3 Å². The van der Waals surface area contributed by atoms with Gasteiger partial charge in [-0.1, -0.05) is 26.3 Å². The van der Waals surface area contributed by atoms with Crippen molar-refractivity contribution in [2.75, 3.05) is 26.9 Å². The Labute approximate surface area is 164 Å². The first-order chi connectivity index (χ1) is 13.1. The van der Waals surface area contributed by atoms with Gasteiger partial charge in [-0.2, -0.15) is 0 Å². The first-order valence-corrected chi connectivity index (χ1v) is 7.88. The molecule has 1 rings (SSSR count). The zero-order valence-corrected chi connectivity index (χ0v) is 16.5. The fourth-order valence-electron chi connectivity index (χ4n) is 0.741. The maximum atomic E-state index is 10.7. The Bertz CT molecular complexity index is 546. The van der Waals surface area contributed by atoms with Gasteiger partial charge in [0.25, 0.3) is 0 Å². The van der Waals surface area contributed by atoms with Gasteiger partial charge in [0.2, 0.25) is 0 Å². The van der Waals surface area contributed by atoms with Crippen LogP contribution in [0.1, 0.15) is 13.8 Å². The van der Waals surface area contributed by atoms with Crippen LogP contribution in [0.25, 0.3) is 0 Å². The number of carboxylic acid groups (broad SMARTS) is 1. The molecule has 158 valence electrons. The Hall–Kier alpha value is -3.20. The molecule has 0 aromatic heterocycles. The van der Waals surface area contributed by atoms with Crippen LogP contribution in [-0.4, -0.2) is 62.0 Å². The number of carbonyl (C=O) groups excluding carboxylic acids is 3. The molecule has 1 fully saturated rings. The smallest absolute Gasteiger partial charge is 0.333 e. The number of epoxide rings is 1. The second kappa shape index (κ2) is 20.1. The number of ether oxygens (including phenoxy) is 4. The van der Waals surface area contributed by atoms with Gasteiger partial charge in [0, 0.05) is 23.8 Å². The summed E-state index contributed by atoms with van der Waals surface area (Å²) in [5.41, 5.74) is 0.431. The van der Waals surface area contributed by atoms with E-state index < -0.39 is 11.9 Å². The van der Waals surface area contributed by atoms with Crippen LogP contribution < -0.4 is 0 Å². The normalized spacial score (nSPS) is 12.3. The third-order valence-electron chi connectivity index (χ3n) is 2.15. The van der Waals surface area contributed by atoms with E-state index in [1.54, 1.807) is 13.8 Å². The molecular formula is C19H28O9.